The first kappa shape index (κ1) is 27.2. The maximum atomic E-state index is 14.1. The molecule has 1 saturated heterocycles. The average Bonchev–Trinajstić information content (AvgIpc) is 3.62. The molecule has 4 aromatic rings. The molecule has 2 fully saturated rings. The highest BCUT2D eigenvalue weighted by molar-refractivity contribution is 5.91. The van der Waals surface area contributed by atoms with E-state index in [1.165, 1.54) is 12.4 Å². The zero-order chi connectivity index (χ0) is 28.7. The Balaban J connectivity index is 1.36. The predicted octanol–water partition coefficient (Wildman–Crippen LogP) is 3.48. The van der Waals surface area contributed by atoms with Crippen LogP contribution in [0, 0.1) is 17.6 Å². The third kappa shape index (κ3) is 5.13. The van der Waals surface area contributed by atoms with Gasteiger partial charge in [-0.15, -0.1) is 0 Å². The molecule has 3 aromatic heterocycles. The van der Waals surface area contributed by atoms with Gasteiger partial charge >= 0.3 is 0 Å². The number of carbonyl (C=O) groups excluding carboxylic acids is 1. The van der Waals surface area contributed by atoms with Crippen LogP contribution in [-0.2, 0) is 16.1 Å². The number of nitrogens with two attached hydrogens (primary N) is 2. The van der Waals surface area contributed by atoms with Crippen molar-refractivity contribution in [3.8, 4) is 11.3 Å². The van der Waals surface area contributed by atoms with Gasteiger partial charge < -0.3 is 25.7 Å². The molecule has 0 radical (unpaired) electrons. The first-order valence-electron chi connectivity index (χ1n) is 13.7. The molecule has 1 saturated carbocycles. The van der Waals surface area contributed by atoms with E-state index in [1.807, 2.05) is 10.6 Å². The largest absolute Gasteiger partial charge is 0.382 e. The Morgan fingerprint density at radius 2 is 2.00 bits per heavy atom. The van der Waals surface area contributed by atoms with Gasteiger partial charge in [0.15, 0.2) is 28.9 Å². The molecule has 1 aliphatic heterocycles. The van der Waals surface area contributed by atoms with E-state index in [9.17, 15) is 13.6 Å². The number of nitrogen functional groups attached to an aromatic ring is 1. The molecule has 4 N–H and O–H groups in total. The number of aromatic nitrogens is 5. The molecule has 0 bridgehead atoms. The second-order valence-electron chi connectivity index (χ2n) is 11.0. The lowest BCUT2D eigenvalue weighted by atomic mass is 9.79. The number of pyridine rings is 1. The minimum Gasteiger partial charge on any atom is -0.382 e. The molecule has 0 spiro atoms. The number of carbonyl (C=O) groups is 1. The van der Waals surface area contributed by atoms with Gasteiger partial charge in [0.25, 0.3) is 0 Å². The number of hydrogen-bond donors (Lipinski definition) is 2. The van der Waals surface area contributed by atoms with Crippen LogP contribution in [-0.4, -0.2) is 62.1 Å². The zero-order valence-corrected chi connectivity index (χ0v) is 22.8. The molecular formula is C29H32F2N8O2. The monoisotopic (exact) mass is 562 g/mol. The van der Waals surface area contributed by atoms with E-state index in [4.69, 9.17) is 16.2 Å². The molecule has 2 aliphatic rings. The van der Waals surface area contributed by atoms with Crippen LogP contribution >= 0.6 is 0 Å². The molecule has 3 unspecified atom stereocenters. The van der Waals surface area contributed by atoms with Crippen molar-refractivity contribution >= 4 is 28.5 Å². The van der Waals surface area contributed by atoms with Gasteiger partial charge in [-0.3, -0.25) is 9.78 Å². The molecule has 4 heterocycles. The number of rotatable bonds is 7. The van der Waals surface area contributed by atoms with E-state index in [1.54, 1.807) is 19.6 Å². The summed E-state index contributed by atoms with van der Waals surface area (Å²) in [6, 6.07) is 5.54. The van der Waals surface area contributed by atoms with E-state index < -0.39 is 17.2 Å². The molecule has 3 atom stereocenters. The lowest BCUT2D eigenvalue weighted by Gasteiger charge is -2.42. The minimum atomic E-state index is -0.995. The van der Waals surface area contributed by atoms with E-state index in [2.05, 4.69) is 24.8 Å². The number of halogens is 2. The Morgan fingerprint density at radius 1 is 1.15 bits per heavy atom. The Bertz CT molecular complexity index is 1610. The number of hydrogen-bond acceptors (Lipinski definition) is 9. The predicted molar refractivity (Wildman–Crippen MR) is 150 cm³/mol. The highest BCUT2D eigenvalue weighted by atomic mass is 19.2. The minimum absolute atomic E-state index is 0.0856. The highest BCUT2D eigenvalue weighted by Gasteiger charge is 2.44. The summed E-state index contributed by atoms with van der Waals surface area (Å²) in [5.74, 6) is -1.63. The van der Waals surface area contributed by atoms with Crippen molar-refractivity contribution in [3.63, 3.8) is 0 Å². The SMILES string of the molecule is COC1CCC(C(=O)C2(N)CCCN(c3cnc(-c4ccc(F)c(F)c4)cc3Cn3cnc4c(N)ncnc43)C2)C1. The van der Waals surface area contributed by atoms with Gasteiger partial charge in [-0.1, -0.05) is 0 Å². The van der Waals surface area contributed by atoms with Crippen molar-refractivity contribution in [3.05, 3.63) is 60.3 Å². The van der Waals surface area contributed by atoms with Crippen molar-refractivity contribution in [2.45, 2.75) is 50.3 Å². The van der Waals surface area contributed by atoms with Crippen LogP contribution in [0.5, 0.6) is 0 Å². The molecule has 41 heavy (non-hydrogen) atoms. The number of methoxy groups -OCH3 is 1. The van der Waals surface area contributed by atoms with Crippen LogP contribution in [0.2, 0.25) is 0 Å². The third-order valence-electron chi connectivity index (χ3n) is 8.40. The Morgan fingerprint density at radius 3 is 2.78 bits per heavy atom. The number of imidazole rings is 1. The summed E-state index contributed by atoms with van der Waals surface area (Å²) in [6.07, 6.45) is 8.50. The second-order valence-corrected chi connectivity index (χ2v) is 11.0. The highest BCUT2D eigenvalue weighted by Crippen LogP contribution is 2.36. The van der Waals surface area contributed by atoms with Crippen LogP contribution in [0.15, 0.2) is 43.1 Å². The molecule has 10 nitrogen and oxygen atoms in total. The average molecular weight is 563 g/mol. The van der Waals surface area contributed by atoms with Gasteiger partial charge in [0.2, 0.25) is 0 Å². The summed E-state index contributed by atoms with van der Waals surface area (Å²) in [6.45, 7) is 1.37. The summed E-state index contributed by atoms with van der Waals surface area (Å²) in [5, 5.41) is 0. The van der Waals surface area contributed by atoms with Gasteiger partial charge in [0.05, 0.1) is 42.1 Å². The van der Waals surface area contributed by atoms with Gasteiger partial charge in [-0.05, 0) is 61.9 Å². The summed E-state index contributed by atoms with van der Waals surface area (Å²) in [5.41, 5.74) is 15.4. The topological polar surface area (TPSA) is 138 Å². The summed E-state index contributed by atoms with van der Waals surface area (Å²) >= 11 is 0. The summed E-state index contributed by atoms with van der Waals surface area (Å²) < 4.78 is 35.1. The van der Waals surface area contributed by atoms with Crippen molar-refractivity contribution in [1.29, 1.82) is 0 Å². The first-order chi connectivity index (χ1) is 19.8. The fraction of sp³-hybridized carbons (Fsp3) is 0.414. The first-order valence-corrected chi connectivity index (χ1v) is 13.7. The zero-order valence-electron chi connectivity index (χ0n) is 22.8. The molecule has 214 valence electrons. The molecule has 1 aromatic carbocycles. The number of anilines is 2. The quantitative estimate of drug-likeness (QED) is 0.347. The van der Waals surface area contributed by atoms with Crippen molar-refractivity contribution < 1.29 is 18.3 Å². The fourth-order valence-corrected chi connectivity index (χ4v) is 6.20. The standard InChI is InChI=1S/C29H32F2N8O2/c1-41-20-5-3-18(9-20)26(40)29(33)7-2-8-38(14-29)24-12-34-23(17-4-6-21(30)22(31)10-17)11-19(24)13-39-16-37-25-27(32)35-15-36-28(25)39/h4,6,10-12,15-16,18,20H,2-3,5,7-9,13-14,33H2,1H3,(H2,32,35,36). The number of Topliss-reactive ketones (excluding diaryl/α,β-unsaturated/α-hetero) is 1. The van der Waals surface area contributed by atoms with Crippen molar-refractivity contribution in [2.75, 3.05) is 30.8 Å². The molecule has 12 heteroatoms. The fourth-order valence-electron chi connectivity index (χ4n) is 6.20. The Hall–Kier alpha value is -4.03. The third-order valence-corrected chi connectivity index (χ3v) is 8.40. The smallest absolute Gasteiger partial charge is 0.165 e. The van der Waals surface area contributed by atoms with Gasteiger partial charge in [0.1, 0.15) is 11.8 Å². The van der Waals surface area contributed by atoms with Crippen LogP contribution < -0.4 is 16.4 Å². The number of fused-ring (bicyclic) bond motifs is 1. The molecule has 0 amide bonds. The van der Waals surface area contributed by atoms with Gasteiger partial charge in [-0.2, -0.15) is 0 Å². The maximum Gasteiger partial charge on any atom is 0.165 e. The Labute approximate surface area is 235 Å². The molecule has 6 rings (SSSR count). The number of ketones is 1. The second kappa shape index (κ2) is 10.7. The lowest BCUT2D eigenvalue weighted by molar-refractivity contribution is -0.128. The molecule has 1 aliphatic carbocycles. The van der Waals surface area contributed by atoms with Gasteiger partial charge in [-0.25, -0.2) is 23.7 Å². The maximum absolute atomic E-state index is 14.1. The number of ether oxygens (including phenoxy) is 1. The number of piperidine rings is 1. The summed E-state index contributed by atoms with van der Waals surface area (Å²) in [7, 11) is 1.68. The van der Waals surface area contributed by atoms with E-state index in [0.29, 0.717) is 54.9 Å². The van der Waals surface area contributed by atoms with Crippen LogP contribution in [0.3, 0.4) is 0 Å². The normalized spacial score (nSPS) is 22.9. The lowest BCUT2D eigenvalue weighted by Crippen LogP contribution is -2.61. The Kier molecular flexibility index (Phi) is 7.12. The van der Waals surface area contributed by atoms with E-state index in [0.717, 1.165) is 42.6 Å². The molecular weight excluding hydrogens is 530 g/mol. The van der Waals surface area contributed by atoms with Crippen molar-refractivity contribution in [2.24, 2.45) is 11.7 Å². The number of benzene rings is 1. The summed E-state index contributed by atoms with van der Waals surface area (Å²) in [4.78, 5) is 33.1. The van der Waals surface area contributed by atoms with Crippen LogP contribution in [0.25, 0.3) is 22.4 Å². The van der Waals surface area contributed by atoms with Crippen molar-refractivity contribution in [1.82, 2.24) is 24.5 Å². The van der Waals surface area contributed by atoms with Crippen LogP contribution in [0.4, 0.5) is 20.3 Å². The number of nitrogens with zero attached hydrogens (tertiary/aromatic N) is 6. The van der Waals surface area contributed by atoms with Crippen LogP contribution in [0.1, 0.15) is 37.7 Å². The van der Waals surface area contributed by atoms with E-state index in [-0.39, 0.29) is 23.6 Å². The van der Waals surface area contributed by atoms with E-state index >= 15 is 0 Å². The van der Waals surface area contributed by atoms with Gasteiger partial charge in [0, 0.05) is 31.7 Å².